The molecular weight excluding hydrogens is 281 g/mol. The van der Waals surface area contributed by atoms with Gasteiger partial charge in [0.25, 0.3) is 0 Å². The first-order valence-electron chi connectivity index (χ1n) is 7.26. The fourth-order valence-electron chi connectivity index (χ4n) is 2.90. The van der Waals surface area contributed by atoms with Gasteiger partial charge in [0.2, 0.25) is 0 Å². The molecule has 2 heterocycles. The molecule has 0 radical (unpaired) electrons. The van der Waals surface area contributed by atoms with Crippen LogP contribution in [-0.4, -0.2) is 9.55 Å². The van der Waals surface area contributed by atoms with E-state index in [-0.39, 0.29) is 11.5 Å². The largest absolute Gasteiger partial charge is 0.437 e. The summed E-state index contributed by atoms with van der Waals surface area (Å²) in [6.45, 7) is 1.76. The standard InChI is InChI=1S/C17H14FN3O/c1-9-11(8-19)15-16(22-17(20-15)10-5-6-10)14(18)13(9)12-4-3-7-21(12)2/h3-4,7,10H,5-6H2,1-2H3. The van der Waals surface area contributed by atoms with Crippen LogP contribution in [0.3, 0.4) is 0 Å². The minimum atomic E-state index is -0.437. The summed E-state index contributed by atoms with van der Waals surface area (Å²) < 4.78 is 22.5. The summed E-state index contributed by atoms with van der Waals surface area (Å²) in [6, 6.07) is 5.84. The molecule has 4 nitrogen and oxygen atoms in total. The van der Waals surface area contributed by atoms with Gasteiger partial charge in [-0.3, -0.25) is 0 Å². The molecule has 0 atom stereocenters. The summed E-state index contributed by atoms with van der Waals surface area (Å²) in [6.07, 6.45) is 3.88. The molecule has 1 saturated carbocycles. The number of nitriles is 1. The number of hydrogen-bond donors (Lipinski definition) is 0. The van der Waals surface area contributed by atoms with Crippen molar-refractivity contribution < 1.29 is 8.81 Å². The van der Waals surface area contributed by atoms with Gasteiger partial charge in [0.15, 0.2) is 17.3 Å². The summed E-state index contributed by atoms with van der Waals surface area (Å²) in [5.41, 5.74) is 2.57. The van der Waals surface area contributed by atoms with Crippen molar-refractivity contribution in [1.82, 2.24) is 9.55 Å². The van der Waals surface area contributed by atoms with Crippen LogP contribution >= 0.6 is 0 Å². The van der Waals surface area contributed by atoms with Crippen molar-refractivity contribution >= 4 is 11.1 Å². The van der Waals surface area contributed by atoms with Crippen molar-refractivity contribution in [3.63, 3.8) is 0 Å². The highest BCUT2D eigenvalue weighted by molar-refractivity contribution is 5.89. The van der Waals surface area contributed by atoms with Gasteiger partial charge in [-0.25, -0.2) is 9.37 Å². The first-order chi connectivity index (χ1) is 10.6. The van der Waals surface area contributed by atoms with Crippen molar-refractivity contribution in [2.45, 2.75) is 25.7 Å². The van der Waals surface area contributed by atoms with Crippen LogP contribution in [0.25, 0.3) is 22.4 Å². The molecule has 0 N–H and O–H groups in total. The number of fused-ring (bicyclic) bond motifs is 1. The molecule has 4 rings (SSSR count). The Morgan fingerprint density at radius 3 is 2.82 bits per heavy atom. The quantitative estimate of drug-likeness (QED) is 0.717. The molecule has 5 heteroatoms. The molecule has 1 aromatic carbocycles. The van der Waals surface area contributed by atoms with Crippen LogP contribution in [0.4, 0.5) is 4.39 Å². The first-order valence-corrected chi connectivity index (χ1v) is 7.26. The van der Waals surface area contributed by atoms with Gasteiger partial charge >= 0.3 is 0 Å². The molecule has 22 heavy (non-hydrogen) atoms. The van der Waals surface area contributed by atoms with Crippen molar-refractivity contribution in [3.05, 3.63) is 41.2 Å². The maximum absolute atomic E-state index is 15.0. The SMILES string of the molecule is Cc1c(-c2cccn2C)c(F)c2oc(C3CC3)nc2c1C#N. The lowest BCUT2D eigenvalue weighted by Crippen LogP contribution is -1.99. The molecule has 0 bridgehead atoms. The summed E-state index contributed by atoms with van der Waals surface area (Å²) in [4.78, 5) is 4.38. The highest BCUT2D eigenvalue weighted by atomic mass is 19.1. The molecule has 1 fully saturated rings. The molecule has 0 unspecified atom stereocenters. The fraction of sp³-hybridized carbons (Fsp3) is 0.294. The maximum Gasteiger partial charge on any atom is 0.198 e. The highest BCUT2D eigenvalue weighted by Gasteiger charge is 2.31. The second kappa shape index (κ2) is 4.44. The van der Waals surface area contributed by atoms with E-state index in [1.165, 1.54) is 0 Å². The van der Waals surface area contributed by atoms with Gasteiger partial charge in [-0.2, -0.15) is 5.26 Å². The summed E-state index contributed by atoms with van der Waals surface area (Å²) in [5, 5.41) is 9.50. The Labute approximate surface area is 126 Å². The lowest BCUT2D eigenvalue weighted by molar-refractivity contribution is 0.508. The van der Waals surface area contributed by atoms with Crippen LogP contribution in [0.2, 0.25) is 0 Å². The minimum Gasteiger partial charge on any atom is -0.437 e. The number of nitrogens with zero attached hydrogens (tertiary/aromatic N) is 3. The summed E-state index contributed by atoms with van der Waals surface area (Å²) in [7, 11) is 1.85. The van der Waals surface area contributed by atoms with Crippen molar-refractivity contribution in [2.24, 2.45) is 7.05 Å². The average Bonchev–Trinajstić information content (AvgIpc) is 3.12. The van der Waals surface area contributed by atoms with Gasteiger partial charge in [-0.15, -0.1) is 0 Å². The number of rotatable bonds is 2. The second-order valence-corrected chi connectivity index (χ2v) is 5.81. The number of hydrogen-bond acceptors (Lipinski definition) is 3. The molecular formula is C17H14FN3O. The normalized spacial score (nSPS) is 14.5. The smallest absolute Gasteiger partial charge is 0.198 e. The molecule has 0 amide bonds. The Kier molecular flexibility index (Phi) is 2.64. The van der Waals surface area contributed by atoms with E-state index in [0.29, 0.717) is 28.1 Å². The van der Waals surface area contributed by atoms with Crippen LogP contribution < -0.4 is 0 Å². The lowest BCUT2D eigenvalue weighted by Gasteiger charge is -2.10. The molecule has 2 aromatic heterocycles. The zero-order chi connectivity index (χ0) is 15.4. The van der Waals surface area contributed by atoms with Crippen LogP contribution in [0.1, 0.15) is 35.8 Å². The maximum atomic E-state index is 15.0. The third-order valence-corrected chi connectivity index (χ3v) is 4.29. The third kappa shape index (κ3) is 1.70. The van der Waals surface area contributed by atoms with Gasteiger partial charge in [-0.05, 0) is 37.5 Å². The molecule has 110 valence electrons. The topological polar surface area (TPSA) is 54.8 Å². The van der Waals surface area contributed by atoms with Crippen LogP contribution in [0.5, 0.6) is 0 Å². The van der Waals surface area contributed by atoms with E-state index < -0.39 is 5.82 Å². The highest BCUT2D eigenvalue weighted by Crippen LogP contribution is 2.43. The minimum absolute atomic E-state index is 0.0975. The Morgan fingerprint density at radius 2 is 2.23 bits per heavy atom. The Hall–Kier alpha value is -2.61. The predicted molar refractivity (Wildman–Crippen MR) is 79.8 cm³/mol. The molecule has 1 aliphatic carbocycles. The number of aryl methyl sites for hydroxylation is 1. The van der Waals surface area contributed by atoms with E-state index >= 15 is 4.39 Å². The van der Waals surface area contributed by atoms with Crippen LogP contribution in [0.15, 0.2) is 22.7 Å². The fourth-order valence-corrected chi connectivity index (χ4v) is 2.90. The molecule has 0 saturated heterocycles. The molecule has 1 aliphatic rings. The van der Waals surface area contributed by atoms with E-state index in [1.807, 2.05) is 29.9 Å². The number of halogens is 1. The number of aromatic nitrogens is 2. The lowest BCUT2D eigenvalue weighted by atomic mass is 9.98. The molecule has 0 aliphatic heterocycles. The Morgan fingerprint density at radius 1 is 1.45 bits per heavy atom. The second-order valence-electron chi connectivity index (χ2n) is 5.81. The Balaban J connectivity index is 2.09. The van der Waals surface area contributed by atoms with Gasteiger partial charge < -0.3 is 8.98 Å². The van der Waals surface area contributed by atoms with Crippen molar-refractivity contribution in [1.29, 1.82) is 5.26 Å². The van der Waals surface area contributed by atoms with E-state index in [4.69, 9.17) is 4.42 Å². The van der Waals surface area contributed by atoms with Crippen molar-refractivity contribution in [3.8, 4) is 17.3 Å². The summed E-state index contributed by atoms with van der Waals surface area (Å²) in [5.74, 6) is 0.388. The van der Waals surface area contributed by atoms with Gasteiger partial charge in [0.1, 0.15) is 11.6 Å². The number of oxazole rings is 1. The average molecular weight is 295 g/mol. The van der Waals surface area contributed by atoms with E-state index in [2.05, 4.69) is 11.1 Å². The predicted octanol–water partition coefficient (Wildman–Crippen LogP) is 4.03. The van der Waals surface area contributed by atoms with Crippen LogP contribution in [-0.2, 0) is 7.05 Å². The van der Waals surface area contributed by atoms with Gasteiger partial charge in [0.05, 0.1) is 11.3 Å². The Bertz CT molecular complexity index is 941. The monoisotopic (exact) mass is 295 g/mol. The van der Waals surface area contributed by atoms with E-state index in [1.54, 1.807) is 6.92 Å². The van der Waals surface area contributed by atoms with E-state index in [9.17, 15) is 5.26 Å². The first kappa shape index (κ1) is 13.1. The number of benzene rings is 1. The zero-order valence-electron chi connectivity index (χ0n) is 12.4. The van der Waals surface area contributed by atoms with Gasteiger partial charge in [0, 0.05) is 24.7 Å². The zero-order valence-corrected chi connectivity index (χ0v) is 12.4. The molecule has 3 aromatic rings. The third-order valence-electron chi connectivity index (χ3n) is 4.29. The van der Waals surface area contributed by atoms with Crippen LogP contribution in [0, 0.1) is 24.1 Å². The summed E-state index contributed by atoms with van der Waals surface area (Å²) >= 11 is 0. The molecule has 0 spiro atoms. The van der Waals surface area contributed by atoms with E-state index in [0.717, 1.165) is 18.5 Å². The van der Waals surface area contributed by atoms with Crippen molar-refractivity contribution in [2.75, 3.05) is 0 Å². The van der Waals surface area contributed by atoms with Gasteiger partial charge in [-0.1, -0.05) is 0 Å².